The largest absolute Gasteiger partial charge is 0.382 e. The maximum atomic E-state index is 5.60. The van der Waals surface area contributed by atoms with Gasteiger partial charge in [0.25, 0.3) is 0 Å². The van der Waals surface area contributed by atoms with Crippen LogP contribution in [0.1, 0.15) is 12.8 Å². The second-order valence-corrected chi connectivity index (χ2v) is 4.41. The van der Waals surface area contributed by atoms with Gasteiger partial charge >= 0.3 is 0 Å². The van der Waals surface area contributed by atoms with Gasteiger partial charge in [-0.25, -0.2) is 0 Å². The summed E-state index contributed by atoms with van der Waals surface area (Å²) in [4.78, 5) is 0. The number of hydrogen-bond acceptors (Lipinski definition) is 6. The molecule has 0 radical (unpaired) electrons. The third kappa shape index (κ3) is 12.8. The number of terminal acetylenes is 1. The van der Waals surface area contributed by atoms with E-state index in [-0.39, 0.29) is 25.8 Å². The third-order valence-electron chi connectivity index (χ3n) is 2.72. The molecule has 0 N–H and O–H groups in total. The van der Waals surface area contributed by atoms with Crippen LogP contribution in [-0.2, 0) is 28.4 Å². The lowest BCUT2D eigenvalue weighted by Gasteiger charge is -2.21. The summed E-state index contributed by atoms with van der Waals surface area (Å²) in [5.74, 6) is 2.59. The van der Waals surface area contributed by atoms with Crippen molar-refractivity contribution in [3.05, 3.63) is 12.7 Å². The fraction of sp³-hybridized carbons (Fsp3) is 0.750. The zero-order valence-corrected chi connectivity index (χ0v) is 13.6. The predicted octanol–water partition coefficient (Wildman–Crippen LogP) is 1.60. The molecule has 0 fully saturated rings. The monoisotopic (exact) mass is 316 g/mol. The molecular weight excluding hydrogens is 288 g/mol. The molecule has 0 rings (SSSR count). The van der Waals surface area contributed by atoms with E-state index in [9.17, 15) is 0 Å². The molecule has 0 aromatic rings. The van der Waals surface area contributed by atoms with Crippen LogP contribution in [0.5, 0.6) is 0 Å². The highest BCUT2D eigenvalue weighted by Gasteiger charge is 2.15. The molecule has 0 bridgehead atoms. The van der Waals surface area contributed by atoms with Crippen LogP contribution in [0, 0.1) is 12.3 Å². The lowest BCUT2D eigenvalue weighted by Crippen LogP contribution is -2.24. The summed E-state index contributed by atoms with van der Waals surface area (Å²) in [6, 6.07) is 0. The van der Waals surface area contributed by atoms with Crippen LogP contribution in [0.4, 0.5) is 0 Å². The Hall–Kier alpha value is -0.940. The van der Waals surface area contributed by atoms with Crippen LogP contribution < -0.4 is 0 Å². The molecule has 6 nitrogen and oxygen atoms in total. The second kappa shape index (κ2) is 16.4. The van der Waals surface area contributed by atoms with Gasteiger partial charge in [-0.1, -0.05) is 6.08 Å². The summed E-state index contributed by atoms with van der Waals surface area (Å²) in [5, 5.41) is 0. The Bertz CT molecular complexity index is 289. The summed E-state index contributed by atoms with van der Waals surface area (Å²) in [7, 11) is 3.24. The van der Waals surface area contributed by atoms with Crippen LogP contribution >= 0.6 is 0 Å². The highest BCUT2D eigenvalue weighted by atomic mass is 16.7. The highest BCUT2D eigenvalue weighted by Crippen LogP contribution is 2.11. The lowest BCUT2D eigenvalue weighted by atomic mass is 10.1. The van der Waals surface area contributed by atoms with Gasteiger partial charge in [0.05, 0.1) is 38.6 Å². The number of hydrogen-bond donors (Lipinski definition) is 0. The molecule has 6 heteroatoms. The first kappa shape index (κ1) is 21.1. The van der Waals surface area contributed by atoms with E-state index in [1.54, 1.807) is 20.3 Å². The molecule has 0 aromatic heterocycles. The van der Waals surface area contributed by atoms with Crippen molar-refractivity contribution < 1.29 is 28.4 Å². The number of methoxy groups -OCH3 is 2. The topological polar surface area (TPSA) is 55.4 Å². The van der Waals surface area contributed by atoms with Crippen LogP contribution in [-0.4, -0.2) is 66.4 Å². The van der Waals surface area contributed by atoms with E-state index in [4.69, 9.17) is 34.8 Å². The number of ether oxygens (including phenoxy) is 6. The average molecular weight is 316 g/mol. The van der Waals surface area contributed by atoms with Crippen molar-refractivity contribution in [3.63, 3.8) is 0 Å². The highest BCUT2D eigenvalue weighted by molar-refractivity contribution is 4.91. The van der Waals surface area contributed by atoms with E-state index in [2.05, 4.69) is 12.5 Å². The molecule has 0 unspecified atom stereocenters. The molecule has 0 spiro atoms. The molecule has 0 aromatic carbocycles. The zero-order chi connectivity index (χ0) is 16.5. The maximum Gasteiger partial charge on any atom is 0.147 e. The fourth-order valence-electron chi connectivity index (χ4n) is 1.52. The lowest BCUT2D eigenvalue weighted by molar-refractivity contribution is -0.123. The van der Waals surface area contributed by atoms with Gasteiger partial charge in [0.1, 0.15) is 13.6 Å². The molecule has 0 amide bonds. The minimum absolute atomic E-state index is 0.158. The summed E-state index contributed by atoms with van der Waals surface area (Å²) in [5.41, 5.74) is 0. The molecular formula is C16H28O6. The van der Waals surface area contributed by atoms with E-state index in [1.165, 1.54) is 0 Å². The van der Waals surface area contributed by atoms with Crippen molar-refractivity contribution in [3.8, 4) is 12.3 Å². The van der Waals surface area contributed by atoms with Gasteiger partial charge in [0, 0.05) is 27.1 Å². The van der Waals surface area contributed by atoms with E-state index in [0.717, 1.165) is 0 Å². The Balaban J connectivity index is 3.93. The van der Waals surface area contributed by atoms with Crippen molar-refractivity contribution in [1.29, 1.82) is 0 Å². The Labute approximate surface area is 133 Å². The molecule has 0 saturated heterocycles. The summed E-state index contributed by atoms with van der Waals surface area (Å²) in [6.07, 6.45) is 7.78. The first-order valence-corrected chi connectivity index (χ1v) is 7.21. The summed E-state index contributed by atoms with van der Waals surface area (Å²) >= 11 is 0. The van der Waals surface area contributed by atoms with Crippen molar-refractivity contribution in [2.45, 2.75) is 25.0 Å². The first-order chi connectivity index (χ1) is 10.8. The second-order valence-electron chi connectivity index (χ2n) is 4.41. The maximum absolute atomic E-state index is 5.60. The molecule has 128 valence electrons. The first-order valence-electron chi connectivity index (χ1n) is 7.21. The van der Waals surface area contributed by atoms with Crippen molar-refractivity contribution in [2.75, 3.05) is 54.2 Å². The van der Waals surface area contributed by atoms with Crippen molar-refractivity contribution >= 4 is 0 Å². The molecule has 22 heavy (non-hydrogen) atoms. The molecule has 0 saturated carbocycles. The standard InChI is InChI=1S/C16H28O6/c1-5-7-16(22-14-20-11-9-18-4)12-15(6-2)21-13-19-10-8-17-3/h1,6,15-16H,2,7-14H2,3-4H3/t15-,16-/m1/s1. The van der Waals surface area contributed by atoms with Gasteiger partial charge in [0.15, 0.2) is 0 Å². The Morgan fingerprint density at radius 3 is 2.09 bits per heavy atom. The summed E-state index contributed by atoms with van der Waals surface area (Å²) in [6.45, 7) is 6.12. The van der Waals surface area contributed by atoms with Gasteiger partial charge in [-0.05, 0) is 0 Å². The van der Waals surface area contributed by atoms with Crippen LogP contribution in [0.25, 0.3) is 0 Å². The third-order valence-corrected chi connectivity index (χ3v) is 2.72. The number of rotatable bonds is 16. The Morgan fingerprint density at radius 1 is 1.00 bits per heavy atom. The molecule has 0 aliphatic heterocycles. The van der Waals surface area contributed by atoms with Gasteiger partial charge in [-0.2, -0.15) is 0 Å². The smallest absolute Gasteiger partial charge is 0.147 e. The normalized spacial score (nSPS) is 13.5. The van der Waals surface area contributed by atoms with E-state index >= 15 is 0 Å². The zero-order valence-electron chi connectivity index (χ0n) is 13.6. The Kier molecular flexibility index (Phi) is 15.7. The fourth-order valence-corrected chi connectivity index (χ4v) is 1.52. The van der Waals surface area contributed by atoms with Crippen LogP contribution in [0.15, 0.2) is 12.7 Å². The molecule has 2 atom stereocenters. The Morgan fingerprint density at radius 2 is 1.59 bits per heavy atom. The van der Waals surface area contributed by atoms with Gasteiger partial charge in [0.2, 0.25) is 0 Å². The molecule has 0 aliphatic rings. The van der Waals surface area contributed by atoms with E-state index in [1.807, 2.05) is 0 Å². The van der Waals surface area contributed by atoms with E-state index in [0.29, 0.717) is 39.3 Å². The van der Waals surface area contributed by atoms with Crippen molar-refractivity contribution in [2.24, 2.45) is 0 Å². The SMILES string of the molecule is C#CC[C@H](C[C@@H](C=C)OCOCCOC)OCOCCOC. The van der Waals surface area contributed by atoms with Gasteiger partial charge in [-0.15, -0.1) is 18.9 Å². The quantitative estimate of drug-likeness (QED) is 0.187. The van der Waals surface area contributed by atoms with Crippen molar-refractivity contribution in [1.82, 2.24) is 0 Å². The minimum Gasteiger partial charge on any atom is -0.382 e. The van der Waals surface area contributed by atoms with Crippen LogP contribution in [0.3, 0.4) is 0 Å². The van der Waals surface area contributed by atoms with Gasteiger partial charge < -0.3 is 28.4 Å². The van der Waals surface area contributed by atoms with Gasteiger partial charge in [-0.3, -0.25) is 0 Å². The van der Waals surface area contributed by atoms with Crippen LogP contribution in [0.2, 0.25) is 0 Å². The minimum atomic E-state index is -0.195. The molecule has 0 heterocycles. The predicted molar refractivity (Wildman–Crippen MR) is 83.4 cm³/mol. The van der Waals surface area contributed by atoms with E-state index < -0.39 is 0 Å². The molecule has 0 aliphatic carbocycles. The average Bonchev–Trinajstić information content (AvgIpc) is 2.53. The summed E-state index contributed by atoms with van der Waals surface area (Å²) < 4.78 is 31.4.